The Kier molecular flexibility index (Phi) is 12.0. The fourth-order valence-electron chi connectivity index (χ4n) is 3.86. The number of aliphatic carboxylic acids is 1. The first-order valence-corrected chi connectivity index (χ1v) is 13.2. The number of hydrogen-bond acceptors (Lipinski definition) is 4. The molecule has 0 aliphatic carbocycles. The van der Waals surface area contributed by atoms with Crippen molar-refractivity contribution in [2.45, 2.75) is 69.5 Å². The summed E-state index contributed by atoms with van der Waals surface area (Å²) in [6.07, 6.45) is -1.38. The summed E-state index contributed by atoms with van der Waals surface area (Å²) in [5.74, 6) is 4.62. The van der Waals surface area contributed by atoms with Crippen LogP contribution < -0.4 is 5.32 Å². The zero-order valence-corrected chi connectivity index (χ0v) is 22.8. The molecule has 4 nitrogen and oxygen atoms in total. The van der Waals surface area contributed by atoms with Gasteiger partial charge in [-0.1, -0.05) is 49.1 Å². The molecule has 0 saturated heterocycles. The number of benzene rings is 2. The zero-order valence-electron chi connectivity index (χ0n) is 22.0. The zero-order chi connectivity index (χ0) is 27.5. The lowest BCUT2D eigenvalue weighted by atomic mass is 9.95. The van der Waals surface area contributed by atoms with Crippen molar-refractivity contribution >= 4 is 17.9 Å². The average Bonchev–Trinajstić information content (AvgIpc) is 2.80. The first-order chi connectivity index (χ1) is 17.3. The highest BCUT2D eigenvalue weighted by atomic mass is 32.2. The quantitative estimate of drug-likeness (QED) is 0.217. The van der Waals surface area contributed by atoms with Gasteiger partial charge in [-0.2, -0.15) is 13.2 Å². The predicted octanol–water partition coefficient (Wildman–Crippen LogP) is 6.89. The van der Waals surface area contributed by atoms with Crippen LogP contribution in [0.3, 0.4) is 0 Å². The number of carboxylic acid groups (broad SMARTS) is 1. The Morgan fingerprint density at radius 3 is 2.51 bits per heavy atom. The van der Waals surface area contributed by atoms with E-state index in [0.717, 1.165) is 37.9 Å². The number of nitrogens with zero attached hydrogens (tertiary/aromatic N) is 1. The summed E-state index contributed by atoms with van der Waals surface area (Å²) in [6.45, 7) is 8.01. The lowest BCUT2D eigenvalue weighted by molar-refractivity contribution is -0.138. The third-order valence-corrected chi connectivity index (χ3v) is 6.71. The number of carboxylic acids is 1. The van der Waals surface area contributed by atoms with Crippen molar-refractivity contribution in [3.05, 3.63) is 65.2 Å². The summed E-state index contributed by atoms with van der Waals surface area (Å²) < 4.78 is 42.2. The van der Waals surface area contributed by atoms with E-state index in [1.165, 1.54) is 17.5 Å². The van der Waals surface area contributed by atoms with Crippen molar-refractivity contribution in [1.82, 2.24) is 9.62 Å². The fourth-order valence-corrected chi connectivity index (χ4v) is 4.91. The van der Waals surface area contributed by atoms with Crippen molar-refractivity contribution in [2.75, 3.05) is 20.1 Å². The molecule has 2 N–H and O–H groups in total. The lowest BCUT2D eigenvalue weighted by Crippen LogP contribution is -2.43. The van der Waals surface area contributed by atoms with Gasteiger partial charge in [-0.05, 0) is 88.3 Å². The minimum absolute atomic E-state index is 0.00992. The van der Waals surface area contributed by atoms with E-state index in [9.17, 15) is 18.0 Å². The highest BCUT2D eigenvalue weighted by molar-refractivity contribution is 7.97. The topological polar surface area (TPSA) is 52.6 Å². The summed E-state index contributed by atoms with van der Waals surface area (Å²) in [6, 6.07) is 14.2. The molecule has 0 bridgehead atoms. The Morgan fingerprint density at radius 1 is 1.16 bits per heavy atom. The van der Waals surface area contributed by atoms with Crippen molar-refractivity contribution in [1.29, 1.82) is 0 Å². The van der Waals surface area contributed by atoms with Crippen LogP contribution in [0.5, 0.6) is 0 Å². The molecular formula is C29H37F3N2O2S. The number of aryl methyl sites for hydroxylation is 1. The Labute approximate surface area is 223 Å². The van der Waals surface area contributed by atoms with Gasteiger partial charge >= 0.3 is 12.1 Å². The number of nitrogens with one attached hydrogen (secondary N) is 1. The second-order valence-electron chi connectivity index (χ2n) is 10.1. The fraction of sp³-hybridized carbons (Fsp3) is 0.483. The van der Waals surface area contributed by atoms with E-state index in [0.29, 0.717) is 11.4 Å². The maximum absolute atomic E-state index is 13.4. The van der Waals surface area contributed by atoms with Crippen molar-refractivity contribution < 1.29 is 23.1 Å². The number of halogens is 3. The molecule has 0 aromatic heterocycles. The van der Waals surface area contributed by atoms with Crippen LogP contribution in [-0.2, 0) is 17.4 Å². The summed E-state index contributed by atoms with van der Waals surface area (Å²) >= 11 is 1.25. The highest BCUT2D eigenvalue weighted by Gasteiger charge is 2.31. The second kappa shape index (κ2) is 14.5. The largest absolute Gasteiger partial charge is 0.481 e. The monoisotopic (exact) mass is 534 g/mol. The molecule has 0 aliphatic heterocycles. The van der Waals surface area contributed by atoms with Crippen LogP contribution in [0.15, 0.2) is 53.4 Å². The van der Waals surface area contributed by atoms with Crippen molar-refractivity contribution in [3.8, 4) is 11.8 Å². The van der Waals surface area contributed by atoms with Crippen LogP contribution in [0, 0.1) is 17.8 Å². The van der Waals surface area contributed by atoms with Gasteiger partial charge in [0.15, 0.2) is 0 Å². The molecule has 0 spiro atoms. The predicted molar refractivity (Wildman–Crippen MR) is 144 cm³/mol. The number of carbonyl (C=O) groups is 1. The molecule has 0 saturated carbocycles. The standard InChI is InChI=1S/C29H37F3N2O2S/c1-22(20-33-28(2,3)16-10-14-23-11-6-5-7-12-23)21-34(4)37-26-18-24(13-8-9-15-27(35)36)17-25(19-26)29(30,31)32/h5-7,11-12,17-19,22,33H,9-10,14-16,20-21H2,1-4H3,(H,35,36)/t22-/m1/s1. The minimum Gasteiger partial charge on any atom is -0.481 e. The minimum atomic E-state index is -4.49. The maximum atomic E-state index is 13.4. The molecule has 37 heavy (non-hydrogen) atoms. The molecule has 0 unspecified atom stereocenters. The van der Waals surface area contributed by atoms with Gasteiger partial charge < -0.3 is 10.4 Å². The van der Waals surface area contributed by atoms with E-state index in [1.54, 1.807) is 6.07 Å². The normalized spacial score (nSPS) is 12.8. The average molecular weight is 535 g/mol. The van der Waals surface area contributed by atoms with Crippen LogP contribution in [-0.4, -0.2) is 41.1 Å². The van der Waals surface area contributed by atoms with Gasteiger partial charge in [0.2, 0.25) is 0 Å². The molecular weight excluding hydrogens is 497 g/mol. The smallest absolute Gasteiger partial charge is 0.416 e. The molecule has 0 amide bonds. The molecule has 0 radical (unpaired) electrons. The summed E-state index contributed by atoms with van der Waals surface area (Å²) in [4.78, 5) is 11.1. The van der Waals surface area contributed by atoms with Gasteiger partial charge in [-0.25, -0.2) is 4.31 Å². The van der Waals surface area contributed by atoms with E-state index < -0.39 is 17.7 Å². The SMILES string of the molecule is C[C@H](CNC(C)(C)CCCc1ccccc1)CN(C)Sc1cc(C#CCCC(=O)O)cc(C(F)(F)F)c1. The lowest BCUT2D eigenvalue weighted by Gasteiger charge is -2.29. The Balaban J connectivity index is 1.89. The molecule has 2 rings (SSSR count). The van der Waals surface area contributed by atoms with E-state index in [2.05, 4.69) is 62.2 Å². The summed E-state index contributed by atoms with van der Waals surface area (Å²) in [5, 5.41) is 12.4. The van der Waals surface area contributed by atoms with E-state index in [1.807, 2.05) is 17.4 Å². The first kappa shape index (κ1) is 30.8. The molecule has 2 aromatic rings. The van der Waals surface area contributed by atoms with Gasteiger partial charge in [0.05, 0.1) is 12.0 Å². The maximum Gasteiger partial charge on any atom is 0.416 e. The van der Waals surface area contributed by atoms with Gasteiger partial charge in [-0.15, -0.1) is 0 Å². The van der Waals surface area contributed by atoms with Gasteiger partial charge in [0.25, 0.3) is 0 Å². The second-order valence-corrected chi connectivity index (χ2v) is 11.3. The van der Waals surface area contributed by atoms with E-state index in [4.69, 9.17) is 5.11 Å². The summed E-state index contributed by atoms with van der Waals surface area (Å²) in [7, 11) is 1.87. The first-order valence-electron chi connectivity index (χ1n) is 12.4. The van der Waals surface area contributed by atoms with E-state index in [-0.39, 0.29) is 29.9 Å². The highest BCUT2D eigenvalue weighted by Crippen LogP contribution is 2.34. The van der Waals surface area contributed by atoms with Crippen LogP contribution in [0.1, 0.15) is 63.1 Å². The Hall–Kier alpha value is -2.47. The Morgan fingerprint density at radius 2 is 1.86 bits per heavy atom. The van der Waals surface area contributed by atoms with Crippen LogP contribution in [0.4, 0.5) is 13.2 Å². The summed E-state index contributed by atoms with van der Waals surface area (Å²) in [5.41, 5.74) is 0.794. The molecule has 8 heteroatoms. The van der Waals surface area contributed by atoms with Crippen molar-refractivity contribution in [2.24, 2.45) is 5.92 Å². The van der Waals surface area contributed by atoms with Crippen LogP contribution in [0.25, 0.3) is 0 Å². The Bertz CT molecular complexity index is 1060. The molecule has 1 atom stereocenters. The van der Waals surface area contributed by atoms with Gasteiger partial charge in [0, 0.05) is 29.0 Å². The van der Waals surface area contributed by atoms with Gasteiger partial charge in [-0.3, -0.25) is 4.79 Å². The van der Waals surface area contributed by atoms with E-state index >= 15 is 0 Å². The number of hydrogen-bond donors (Lipinski definition) is 2. The van der Waals surface area contributed by atoms with Crippen molar-refractivity contribution in [3.63, 3.8) is 0 Å². The molecule has 0 aliphatic rings. The molecule has 0 fully saturated rings. The molecule has 202 valence electrons. The van der Waals surface area contributed by atoms with Gasteiger partial charge in [0.1, 0.15) is 0 Å². The molecule has 2 aromatic carbocycles. The number of rotatable bonds is 13. The number of alkyl halides is 3. The third kappa shape index (κ3) is 12.6. The molecule has 0 heterocycles. The van der Waals surface area contributed by atoms with Crippen LogP contribution >= 0.6 is 11.9 Å². The van der Waals surface area contributed by atoms with Crippen LogP contribution in [0.2, 0.25) is 0 Å². The third-order valence-electron chi connectivity index (χ3n) is 5.80.